The van der Waals surface area contributed by atoms with E-state index in [1.807, 2.05) is 6.92 Å². The molecule has 1 N–H and O–H groups in total. The number of benzene rings is 1. The van der Waals surface area contributed by atoms with Crippen LogP contribution in [0.4, 0.5) is 11.5 Å². The molecule has 0 fully saturated rings. The number of nitrogens with one attached hydrogen (secondary N) is 1. The molecular weight excluding hydrogens is 272 g/mol. The zero-order valence-electron chi connectivity index (χ0n) is 11.9. The fourth-order valence-corrected chi connectivity index (χ4v) is 1.75. The lowest BCUT2D eigenvalue weighted by Gasteiger charge is -2.09. The fourth-order valence-electron chi connectivity index (χ4n) is 1.75. The molecule has 0 saturated heterocycles. The highest BCUT2D eigenvalue weighted by atomic mass is 16.6. The van der Waals surface area contributed by atoms with Gasteiger partial charge in [-0.15, -0.1) is 0 Å². The van der Waals surface area contributed by atoms with Crippen molar-refractivity contribution in [2.45, 2.75) is 20.3 Å². The van der Waals surface area contributed by atoms with Crippen LogP contribution in [0.1, 0.15) is 18.9 Å². The maximum Gasteiger partial charge on any atom is 0.311 e. The number of aryl methyl sites for hydroxylation is 1. The van der Waals surface area contributed by atoms with Gasteiger partial charge in [-0.1, -0.05) is 19.1 Å². The van der Waals surface area contributed by atoms with Gasteiger partial charge in [-0.25, -0.2) is 0 Å². The number of aromatic nitrogens is 2. The van der Waals surface area contributed by atoms with Gasteiger partial charge >= 0.3 is 5.69 Å². The number of hydrogen-bond acceptors (Lipinski definition) is 6. The number of nitrogens with zero attached hydrogens (tertiary/aromatic N) is 3. The molecule has 1 heterocycles. The maximum atomic E-state index is 11.0. The molecule has 21 heavy (non-hydrogen) atoms. The third kappa shape index (κ3) is 3.65. The number of nitro groups is 1. The van der Waals surface area contributed by atoms with E-state index in [9.17, 15) is 10.1 Å². The van der Waals surface area contributed by atoms with Crippen LogP contribution in [0.15, 0.2) is 30.6 Å². The van der Waals surface area contributed by atoms with Gasteiger partial charge in [0.15, 0.2) is 0 Å². The Labute approximate surface area is 122 Å². The summed E-state index contributed by atoms with van der Waals surface area (Å²) < 4.78 is 5.57. The molecule has 0 bridgehead atoms. The lowest BCUT2D eigenvalue weighted by atomic mass is 10.2. The van der Waals surface area contributed by atoms with Crippen LogP contribution in [0.5, 0.6) is 11.6 Å². The maximum absolute atomic E-state index is 11.0. The predicted octanol–water partition coefficient (Wildman–Crippen LogP) is 3.31. The normalized spacial score (nSPS) is 10.2. The molecule has 1 aromatic carbocycles. The summed E-state index contributed by atoms with van der Waals surface area (Å²) >= 11 is 0. The molecule has 0 aliphatic carbocycles. The minimum absolute atomic E-state index is 0.0938. The first kappa shape index (κ1) is 14.7. The molecule has 0 unspecified atom stereocenters. The van der Waals surface area contributed by atoms with Crippen molar-refractivity contribution < 1.29 is 9.66 Å². The summed E-state index contributed by atoms with van der Waals surface area (Å²) in [7, 11) is 0. The molecule has 7 heteroatoms. The quantitative estimate of drug-likeness (QED) is 0.647. The number of hydrogen-bond donors (Lipinski definition) is 1. The van der Waals surface area contributed by atoms with Crippen molar-refractivity contribution >= 4 is 11.5 Å². The first-order valence-corrected chi connectivity index (χ1v) is 6.59. The standard InChI is InChI=1S/C14H16N4O3/c1-3-7-16-12-8-15-9-13(17-12)21-14-10(2)5-4-6-11(14)18(19)20/h4-6,8-9H,3,7H2,1-2H3,(H,16,17). The van der Waals surface area contributed by atoms with Crippen LogP contribution < -0.4 is 10.1 Å². The van der Waals surface area contributed by atoms with Gasteiger partial charge in [0.25, 0.3) is 0 Å². The average molecular weight is 288 g/mol. The molecule has 110 valence electrons. The minimum atomic E-state index is -0.477. The summed E-state index contributed by atoms with van der Waals surface area (Å²) in [6.45, 7) is 4.55. The Morgan fingerprint density at radius 3 is 2.90 bits per heavy atom. The Morgan fingerprint density at radius 1 is 1.38 bits per heavy atom. The van der Waals surface area contributed by atoms with Crippen LogP contribution in [0.3, 0.4) is 0 Å². The van der Waals surface area contributed by atoms with E-state index >= 15 is 0 Å². The molecule has 2 rings (SSSR count). The Kier molecular flexibility index (Phi) is 4.65. The van der Waals surface area contributed by atoms with E-state index < -0.39 is 4.92 Å². The topological polar surface area (TPSA) is 90.2 Å². The lowest BCUT2D eigenvalue weighted by Crippen LogP contribution is -2.03. The van der Waals surface area contributed by atoms with Gasteiger partial charge in [-0.3, -0.25) is 15.1 Å². The zero-order valence-corrected chi connectivity index (χ0v) is 11.9. The first-order valence-electron chi connectivity index (χ1n) is 6.59. The lowest BCUT2D eigenvalue weighted by molar-refractivity contribution is -0.385. The van der Waals surface area contributed by atoms with E-state index in [-0.39, 0.29) is 17.3 Å². The number of para-hydroxylation sites is 1. The zero-order chi connectivity index (χ0) is 15.2. The smallest absolute Gasteiger partial charge is 0.311 e. The Balaban J connectivity index is 2.28. The predicted molar refractivity (Wildman–Crippen MR) is 78.7 cm³/mol. The molecule has 0 aliphatic rings. The van der Waals surface area contributed by atoms with Gasteiger partial charge in [0.1, 0.15) is 5.82 Å². The average Bonchev–Trinajstić information content (AvgIpc) is 2.47. The number of ether oxygens (including phenoxy) is 1. The van der Waals surface area contributed by atoms with Crippen LogP contribution in [0.25, 0.3) is 0 Å². The minimum Gasteiger partial charge on any atom is -0.430 e. The molecule has 1 aromatic heterocycles. The number of rotatable bonds is 6. The third-order valence-corrected chi connectivity index (χ3v) is 2.76. The monoisotopic (exact) mass is 288 g/mol. The second-order valence-electron chi connectivity index (χ2n) is 4.45. The second kappa shape index (κ2) is 6.65. The highest BCUT2D eigenvalue weighted by Crippen LogP contribution is 2.33. The van der Waals surface area contributed by atoms with Gasteiger partial charge in [0.2, 0.25) is 11.6 Å². The molecule has 0 spiro atoms. The Hall–Kier alpha value is -2.70. The number of nitro benzene ring substituents is 1. The van der Waals surface area contributed by atoms with E-state index in [1.165, 1.54) is 12.3 Å². The summed E-state index contributed by atoms with van der Waals surface area (Å²) in [6.07, 6.45) is 3.96. The van der Waals surface area contributed by atoms with Crippen LogP contribution in [-0.2, 0) is 0 Å². The largest absolute Gasteiger partial charge is 0.430 e. The summed E-state index contributed by atoms with van der Waals surface area (Å²) in [5.41, 5.74) is 0.571. The van der Waals surface area contributed by atoms with Crippen molar-refractivity contribution in [1.29, 1.82) is 0 Å². The Bertz CT molecular complexity index is 646. The first-order chi connectivity index (χ1) is 10.1. The van der Waals surface area contributed by atoms with Crippen molar-refractivity contribution in [3.05, 3.63) is 46.3 Å². The van der Waals surface area contributed by atoms with Crippen LogP contribution >= 0.6 is 0 Å². The third-order valence-electron chi connectivity index (χ3n) is 2.76. The molecule has 2 aromatic rings. The van der Waals surface area contributed by atoms with E-state index in [4.69, 9.17) is 4.74 Å². The summed E-state index contributed by atoms with van der Waals surface area (Å²) in [6, 6.07) is 4.76. The van der Waals surface area contributed by atoms with E-state index in [0.717, 1.165) is 13.0 Å². The SMILES string of the molecule is CCCNc1cncc(Oc2c(C)cccc2[N+](=O)[O-])n1. The number of anilines is 1. The van der Waals surface area contributed by atoms with Crippen molar-refractivity contribution in [1.82, 2.24) is 9.97 Å². The van der Waals surface area contributed by atoms with Crippen LogP contribution in [-0.4, -0.2) is 21.4 Å². The van der Waals surface area contributed by atoms with E-state index in [0.29, 0.717) is 11.4 Å². The highest BCUT2D eigenvalue weighted by Gasteiger charge is 2.18. The summed E-state index contributed by atoms with van der Waals surface area (Å²) in [5, 5.41) is 14.1. The van der Waals surface area contributed by atoms with Crippen molar-refractivity contribution in [3.8, 4) is 11.6 Å². The molecule has 0 aliphatic heterocycles. The van der Waals surface area contributed by atoms with Crippen LogP contribution in [0, 0.1) is 17.0 Å². The fraction of sp³-hybridized carbons (Fsp3) is 0.286. The molecule has 0 radical (unpaired) electrons. The molecule has 0 atom stereocenters. The van der Waals surface area contributed by atoms with Crippen molar-refractivity contribution in [2.24, 2.45) is 0 Å². The van der Waals surface area contributed by atoms with Gasteiger partial charge in [-0.05, 0) is 18.9 Å². The van der Waals surface area contributed by atoms with E-state index in [1.54, 1.807) is 25.3 Å². The summed E-state index contributed by atoms with van der Waals surface area (Å²) in [5.74, 6) is 0.975. The van der Waals surface area contributed by atoms with Gasteiger partial charge in [-0.2, -0.15) is 4.98 Å². The van der Waals surface area contributed by atoms with E-state index in [2.05, 4.69) is 15.3 Å². The second-order valence-corrected chi connectivity index (χ2v) is 4.45. The summed E-state index contributed by atoms with van der Waals surface area (Å²) in [4.78, 5) is 18.8. The van der Waals surface area contributed by atoms with Crippen molar-refractivity contribution in [3.63, 3.8) is 0 Å². The Morgan fingerprint density at radius 2 is 2.19 bits per heavy atom. The molecule has 0 amide bonds. The van der Waals surface area contributed by atoms with Crippen molar-refractivity contribution in [2.75, 3.05) is 11.9 Å². The molecular formula is C14H16N4O3. The van der Waals surface area contributed by atoms with Gasteiger partial charge in [0.05, 0.1) is 17.3 Å². The highest BCUT2D eigenvalue weighted by molar-refractivity contribution is 5.52. The van der Waals surface area contributed by atoms with Crippen LogP contribution in [0.2, 0.25) is 0 Å². The molecule has 7 nitrogen and oxygen atoms in total. The van der Waals surface area contributed by atoms with Gasteiger partial charge < -0.3 is 10.1 Å². The van der Waals surface area contributed by atoms with Gasteiger partial charge in [0, 0.05) is 12.6 Å². The molecule has 0 saturated carbocycles.